The highest BCUT2D eigenvalue weighted by Crippen LogP contribution is 2.34. The van der Waals surface area contributed by atoms with Gasteiger partial charge in [-0.15, -0.1) is 0 Å². The van der Waals surface area contributed by atoms with Crippen molar-refractivity contribution in [3.05, 3.63) is 59.7 Å². The van der Waals surface area contributed by atoms with Crippen LogP contribution in [0.5, 0.6) is 11.6 Å². The molecule has 0 unspecified atom stereocenters. The first-order valence-electron chi connectivity index (χ1n) is 13.0. The van der Waals surface area contributed by atoms with Crippen LogP contribution in [0.1, 0.15) is 39.0 Å². The molecule has 1 aliphatic heterocycles. The molecule has 0 aliphatic carbocycles. The Labute approximate surface area is 227 Å². The number of likely N-dealkylation sites (N-methyl/N-ethyl adjacent to an activating group) is 1. The van der Waals surface area contributed by atoms with E-state index in [1.54, 1.807) is 13.1 Å². The second-order valence-corrected chi connectivity index (χ2v) is 8.35. The van der Waals surface area contributed by atoms with E-state index < -0.39 is 11.6 Å². The molecule has 9 nitrogen and oxygen atoms in total. The molecule has 0 radical (unpaired) electrons. The van der Waals surface area contributed by atoms with Crippen LogP contribution >= 0.6 is 0 Å². The lowest BCUT2D eigenvalue weighted by Gasteiger charge is -2.33. The largest absolute Gasteiger partial charge is 0.434 e. The van der Waals surface area contributed by atoms with E-state index in [-0.39, 0.29) is 33.9 Å². The number of fused-ring (bicyclic) bond motifs is 1. The number of pyridine rings is 1. The Morgan fingerprint density at radius 2 is 1.74 bits per heavy atom. The van der Waals surface area contributed by atoms with Gasteiger partial charge in [0.25, 0.3) is 0 Å². The van der Waals surface area contributed by atoms with Gasteiger partial charge in [0.15, 0.2) is 28.8 Å². The van der Waals surface area contributed by atoms with Crippen LogP contribution in [0, 0.1) is 29.9 Å². The van der Waals surface area contributed by atoms with E-state index in [9.17, 15) is 14.0 Å². The maximum Gasteiger partial charge on any atom is 0.242 e. The summed E-state index contributed by atoms with van der Waals surface area (Å²) in [5.41, 5.74) is 1.20. The van der Waals surface area contributed by atoms with E-state index in [0.717, 1.165) is 38.1 Å². The van der Waals surface area contributed by atoms with Crippen molar-refractivity contribution in [3.8, 4) is 17.7 Å². The summed E-state index contributed by atoms with van der Waals surface area (Å²) in [6.07, 6.45) is 2.83. The fourth-order valence-electron chi connectivity index (χ4n) is 3.97. The Morgan fingerprint density at radius 1 is 1.03 bits per heavy atom. The highest BCUT2D eigenvalue weighted by atomic mass is 19.1. The summed E-state index contributed by atoms with van der Waals surface area (Å²) in [5, 5.41) is 12.8. The lowest BCUT2D eigenvalue weighted by Crippen LogP contribution is -2.44. The van der Waals surface area contributed by atoms with Crippen molar-refractivity contribution < 1.29 is 13.5 Å². The number of hydrogen-bond donors (Lipinski definition) is 2. The minimum atomic E-state index is -0.758. The second kappa shape index (κ2) is 13.5. The van der Waals surface area contributed by atoms with Crippen LogP contribution in [0.15, 0.2) is 36.8 Å². The average molecular weight is 537 g/mol. The van der Waals surface area contributed by atoms with Crippen molar-refractivity contribution >= 4 is 28.2 Å². The number of piperazine rings is 1. The zero-order valence-electron chi connectivity index (χ0n) is 23.1. The van der Waals surface area contributed by atoms with Gasteiger partial charge in [-0.05, 0) is 32.2 Å². The average Bonchev–Trinajstić information content (AvgIpc) is 3.37. The van der Waals surface area contributed by atoms with Crippen molar-refractivity contribution in [3.63, 3.8) is 0 Å². The third-order valence-corrected chi connectivity index (χ3v) is 5.87. The highest BCUT2D eigenvalue weighted by Gasteiger charge is 2.20. The minimum Gasteiger partial charge on any atom is -0.434 e. The predicted molar refractivity (Wildman–Crippen MR) is 150 cm³/mol. The summed E-state index contributed by atoms with van der Waals surface area (Å²) in [6, 6.07) is 8.11. The highest BCUT2D eigenvalue weighted by molar-refractivity contribution is 5.83. The fraction of sp³-hybridized carbons (Fsp3) is 0.357. The lowest BCUT2D eigenvalue weighted by atomic mass is 10.2. The van der Waals surface area contributed by atoms with Crippen LogP contribution in [-0.2, 0) is 0 Å². The first kappa shape index (κ1) is 29.3. The van der Waals surface area contributed by atoms with Gasteiger partial charge in [0.05, 0.1) is 17.4 Å². The van der Waals surface area contributed by atoms with E-state index in [0.29, 0.717) is 11.4 Å². The molecule has 4 aromatic rings. The van der Waals surface area contributed by atoms with Crippen LogP contribution in [-0.4, -0.2) is 58.1 Å². The van der Waals surface area contributed by atoms with Crippen LogP contribution in [0.25, 0.3) is 10.9 Å². The van der Waals surface area contributed by atoms with Gasteiger partial charge in [-0.2, -0.15) is 5.26 Å². The summed E-state index contributed by atoms with van der Waals surface area (Å²) in [5.74, 6) is -0.992. The van der Waals surface area contributed by atoms with Crippen LogP contribution < -0.4 is 15.0 Å². The normalized spacial score (nSPS) is 13.1. The molecule has 1 aliphatic rings. The van der Waals surface area contributed by atoms with E-state index >= 15 is 0 Å². The Kier molecular flexibility index (Phi) is 10.1. The van der Waals surface area contributed by atoms with E-state index in [2.05, 4.69) is 42.1 Å². The molecule has 1 saturated heterocycles. The van der Waals surface area contributed by atoms with Gasteiger partial charge in [-0.1, -0.05) is 27.7 Å². The molecule has 0 saturated carbocycles. The molecule has 1 fully saturated rings. The number of ether oxygens (including phenoxy) is 1. The maximum absolute atomic E-state index is 15.0. The number of benzene rings is 1. The first-order chi connectivity index (χ1) is 18.9. The van der Waals surface area contributed by atoms with Gasteiger partial charge in [-0.3, -0.25) is 0 Å². The summed E-state index contributed by atoms with van der Waals surface area (Å²) in [7, 11) is 2.09. The van der Waals surface area contributed by atoms with Crippen LogP contribution in [0.2, 0.25) is 0 Å². The van der Waals surface area contributed by atoms with Gasteiger partial charge in [0.2, 0.25) is 5.88 Å². The summed E-state index contributed by atoms with van der Waals surface area (Å²) >= 11 is 0. The topological polar surface area (TPSA) is 106 Å². The van der Waals surface area contributed by atoms with Gasteiger partial charge >= 0.3 is 0 Å². The zero-order valence-corrected chi connectivity index (χ0v) is 23.1. The van der Waals surface area contributed by atoms with Crippen LogP contribution in [0.4, 0.5) is 26.1 Å². The summed E-state index contributed by atoms with van der Waals surface area (Å²) < 4.78 is 35.0. The molecule has 4 heterocycles. The first-order valence-corrected chi connectivity index (χ1v) is 13.0. The number of aryl methyl sites for hydroxylation is 1. The standard InChI is InChI=1S/C24H22F2N8O.2C2H6/c1-14-9-16-21(26)19(10-18(25)22(16)31-14)35-24-17(11-27)23(29-13-30-24)32-15-3-4-20(28-12-15)34-7-5-33(2)6-8-34;2*1-2/h3-4,9-10,12-13,31H,5-8H2,1-2H3,(H,29,30,32);2*1-2H3. The molecule has 3 aromatic heterocycles. The molecule has 2 N–H and O–H groups in total. The number of nitrogens with zero attached hydrogens (tertiary/aromatic N) is 6. The lowest BCUT2D eigenvalue weighted by molar-refractivity contribution is 0.312. The van der Waals surface area contributed by atoms with E-state index in [1.807, 2.05) is 45.9 Å². The molecule has 1 aromatic carbocycles. The molecule has 0 atom stereocenters. The molecule has 11 heteroatoms. The van der Waals surface area contributed by atoms with Crippen molar-refractivity contribution in [2.75, 3.05) is 43.4 Å². The Hall–Kier alpha value is -4.30. The summed E-state index contributed by atoms with van der Waals surface area (Å²) in [6.45, 7) is 13.4. The Balaban J connectivity index is 0.00000100. The number of rotatable bonds is 5. The maximum atomic E-state index is 15.0. The molecule has 0 spiro atoms. The number of nitrogens with one attached hydrogen (secondary N) is 2. The number of hydrogen-bond acceptors (Lipinski definition) is 8. The molecule has 206 valence electrons. The second-order valence-electron chi connectivity index (χ2n) is 8.35. The van der Waals surface area contributed by atoms with Gasteiger partial charge in [0.1, 0.15) is 18.2 Å². The number of nitriles is 1. The number of aromatic amines is 1. The number of H-pyrrole nitrogens is 1. The van der Waals surface area contributed by atoms with Gasteiger partial charge in [0, 0.05) is 43.3 Å². The van der Waals surface area contributed by atoms with Crippen LogP contribution in [0.3, 0.4) is 0 Å². The quantitative estimate of drug-likeness (QED) is 0.313. The fourth-order valence-corrected chi connectivity index (χ4v) is 3.97. The number of halogens is 2. The van der Waals surface area contributed by atoms with Gasteiger partial charge < -0.3 is 24.8 Å². The van der Waals surface area contributed by atoms with Crippen molar-refractivity contribution in [2.45, 2.75) is 34.6 Å². The third kappa shape index (κ3) is 6.59. The zero-order chi connectivity index (χ0) is 28.5. The molecule has 39 heavy (non-hydrogen) atoms. The Bertz CT molecular complexity index is 1420. The monoisotopic (exact) mass is 536 g/mol. The molecule has 0 amide bonds. The smallest absolute Gasteiger partial charge is 0.242 e. The minimum absolute atomic E-state index is 0.0467. The summed E-state index contributed by atoms with van der Waals surface area (Å²) in [4.78, 5) is 19.8. The van der Waals surface area contributed by atoms with E-state index in [4.69, 9.17) is 4.74 Å². The van der Waals surface area contributed by atoms with E-state index in [1.165, 1.54) is 12.4 Å². The molecule has 5 rings (SSSR count). The Morgan fingerprint density at radius 3 is 2.38 bits per heavy atom. The van der Waals surface area contributed by atoms with Crippen molar-refractivity contribution in [1.82, 2.24) is 24.8 Å². The molecular weight excluding hydrogens is 502 g/mol. The predicted octanol–water partition coefficient (Wildman–Crippen LogP) is 6.15. The molecular formula is C28H34F2N8O. The number of aromatic nitrogens is 4. The third-order valence-electron chi connectivity index (χ3n) is 5.87. The SMILES string of the molecule is CC.CC.Cc1cc2c(F)c(Oc3ncnc(Nc4ccc(N5CCN(C)CC5)nc4)c3C#N)cc(F)c2[nH]1. The van der Waals surface area contributed by atoms with Crippen molar-refractivity contribution in [1.29, 1.82) is 5.26 Å². The molecule has 0 bridgehead atoms. The van der Waals surface area contributed by atoms with Crippen molar-refractivity contribution in [2.24, 2.45) is 0 Å². The number of anilines is 3. The van der Waals surface area contributed by atoms with Gasteiger partial charge in [-0.25, -0.2) is 23.7 Å².